The van der Waals surface area contributed by atoms with Crippen LogP contribution in [0.15, 0.2) is 34.7 Å². The highest BCUT2D eigenvalue weighted by molar-refractivity contribution is 5.74. The zero-order chi connectivity index (χ0) is 16.8. The number of rotatable bonds is 5. The maximum atomic E-state index is 12.2. The summed E-state index contributed by atoms with van der Waals surface area (Å²) in [5.41, 5.74) is 1.11. The Morgan fingerprint density at radius 3 is 2.58 bits per heavy atom. The van der Waals surface area contributed by atoms with E-state index in [0.717, 1.165) is 44.7 Å². The van der Waals surface area contributed by atoms with Crippen molar-refractivity contribution in [1.82, 2.24) is 25.3 Å². The smallest absolute Gasteiger partial charge is 0.317 e. The molecule has 1 aromatic heterocycles. The molecule has 128 valence electrons. The number of amides is 2. The van der Waals surface area contributed by atoms with Gasteiger partial charge < -0.3 is 14.6 Å². The predicted molar refractivity (Wildman–Crippen MR) is 89.4 cm³/mol. The fourth-order valence-corrected chi connectivity index (χ4v) is 2.75. The molecule has 0 aliphatic carbocycles. The fraction of sp³-hybridized carbons (Fsp3) is 0.471. The minimum atomic E-state index is 0.00558. The standard InChI is InChI=1S/C17H23N5O2/c1-14-19-20-16(24-14)7-8-21-9-11-22(12-10-21)17(23)18-13-15-5-3-2-4-6-15/h2-6H,7-13H2,1H3,(H,18,23). The first-order valence-corrected chi connectivity index (χ1v) is 8.29. The molecule has 0 bridgehead atoms. The first-order valence-electron chi connectivity index (χ1n) is 8.29. The van der Waals surface area contributed by atoms with Crippen LogP contribution in [0.3, 0.4) is 0 Å². The minimum absolute atomic E-state index is 0.00558. The predicted octanol–water partition coefficient (Wildman–Crippen LogP) is 1.45. The van der Waals surface area contributed by atoms with Crippen LogP contribution in [0.25, 0.3) is 0 Å². The van der Waals surface area contributed by atoms with Gasteiger partial charge in [-0.15, -0.1) is 10.2 Å². The van der Waals surface area contributed by atoms with E-state index in [1.807, 2.05) is 35.2 Å². The largest absolute Gasteiger partial charge is 0.426 e. The Labute approximate surface area is 141 Å². The molecule has 3 rings (SSSR count). The molecule has 7 nitrogen and oxygen atoms in total. The zero-order valence-corrected chi connectivity index (χ0v) is 13.9. The third-order valence-electron chi connectivity index (χ3n) is 4.16. The molecule has 0 radical (unpaired) electrons. The number of benzene rings is 1. The Kier molecular flexibility index (Phi) is 5.43. The lowest BCUT2D eigenvalue weighted by Gasteiger charge is -2.34. The van der Waals surface area contributed by atoms with Crippen molar-refractivity contribution < 1.29 is 9.21 Å². The summed E-state index contributed by atoms with van der Waals surface area (Å²) >= 11 is 0. The highest BCUT2D eigenvalue weighted by Gasteiger charge is 2.21. The number of aromatic nitrogens is 2. The second kappa shape index (κ2) is 7.92. The number of nitrogens with one attached hydrogen (secondary N) is 1. The van der Waals surface area contributed by atoms with Crippen molar-refractivity contribution in [2.24, 2.45) is 0 Å². The maximum absolute atomic E-state index is 12.2. The molecule has 0 atom stereocenters. The van der Waals surface area contributed by atoms with E-state index in [9.17, 15) is 4.79 Å². The van der Waals surface area contributed by atoms with Gasteiger partial charge in [0.15, 0.2) is 0 Å². The van der Waals surface area contributed by atoms with E-state index in [-0.39, 0.29) is 6.03 Å². The Morgan fingerprint density at radius 1 is 1.17 bits per heavy atom. The SMILES string of the molecule is Cc1nnc(CCN2CCN(C(=O)NCc3ccccc3)CC2)o1. The number of aryl methyl sites for hydroxylation is 1. The molecular weight excluding hydrogens is 306 g/mol. The Hall–Kier alpha value is -2.41. The van der Waals surface area contributed by atoms with Gasteiger partial charge >= 0.3 is 6.03 Å². The number of urea groups is 1. The molecule has 1 aliphatic heterocycles. The van der Waals surface area contributed by atoms with Crippen LogP contribution in [-0.2, 0) is 13.0 Å². The normalized spacial score (nSPS) is 15.5. The molecule has 1 N–H and O–H groups in total. The fourth-order valence-electron chi connectivity index (χ4n) is 2.75. The highest BCUT2D eigenvalue weighted by Crippen LogP contribution is 2.06. The van der Waals surface area contributed by atoms with E-state index >= 15 is 0 Å². The van der Waals surface area contributed by atoms with Gasteiger partial charge in [0.1, 0.15) is 0 Å². The molecule has 0 saturated carbocycles. The summed E-state index contributed by atoms with van der Waals surface area (Å²) in [5.74, 6) is 1.28. The van der Waals surface area contributed by atoms with Crippen LogP contribution in [0.1, 0.15) is 17.3 Å². The van der Waals surface area contributed by atoms with Crippen LogP contribution in [-0.4, -0.2) is 58.8 Å². The molecule has 2 heterocycles. The number of carbonyl (C=O) groups is 1. The number of piperazine rings is 1. The average molecular weight is 329 g/mol. The number of carbonyl (C=O) groups excluding carboxylic acids is 1. The second-order valence-electron chi connectivity index (χ2n) is 5.94. The van der Waals surface area contributed by atoms with Gasteiger partial charge in [-0.25, -0.2) is 4.79 Å². The lowest BCUT2D eigenvalue weighted by Crippen LogP contribution is -2.51. The first-order chi connectivity index (χ1) is 11.7. The van der Waals surface area contributed by atoms with Crippen LogP contribution in [0, 0.1) is 6.92 Å². The van der Waals surface area contributed by atoms with Crippen molar-refractivity contribution in [2.75, 3.05) is 32.7 Å². The molecule has 0 spiro atoms. The Morgan fingerprint density at radius 2 is 1.92 bits per heavy atom. The lowest BCUT2D eigenvalue weighted by atomic mass is 10.2. The second-order valence-corrected chi connectivity index (χ2v) is 5.94. The van der Waals surface area contributed by atoms with Crippen LogP contribution in [0.5, 0.6) is 0 Å². The van der Waals surface area contributed by atoms with Gasteiger partial charge in [-0.1, -0.05) is 30.3 Å². The van der Waals surface area contributed by atoms with Gasteiger partial charge in [-0.05, 0) is 5.56 Å². The summed E-state index contributed by atoms with van der Waals surface area (Å²) in [6.45, 7) is 6.45. The monoisotopic (exact) mass is 329 g/mol. The van der Waals surface area contributed by atoms with Crippen LogP contribution < -0.4 is 5.32 Å². The molecule has 2 amide bonds. The first kappa shape index (κ1) is 16.4. The molecule has 24 heavy (non-hydrogen) atoms. The van der Waals surface area contributed by atoms with E-state index in [4.69, 9.17) is 4.42 Å². The number of nitrogens with zero attached hydrogens (tertiary/aromatic N) is 4. The van der Waals surface area contributed by atoms with Gasteiger partial charge in [0.25, 0.3) is 0 Å². The Bertz CT molecular complexity index is 650. The molecule has 1 aliphatic rings. The summed E-state index contributed by atoms with van der Waals surface area (Å²) in [6, 6.07) is 9.96. The van der Waals surface area contributed by atoms with Crippen molar-refractivity contribution in [1.29, 1.82) is 0 Å². The van der Waals surface area contributed by atoms with E-state index in [0.29, 0.717) is 18.3 Å². The average Bonchev–Trinajstić information content (AvgIpc) is 3.04. The summed E-state index contributed by atoms with van der Waals surface area (Å²) in [6.07, 6.45) is 0.751. The topological polar surface area (TPSA) is 74.5 Å². The molecule has 2 aromatic rings. The summed E-state index contributed by atoms with van der Waals surface area (Å²) < 4.78 is 5.38. The van der Waals surface area contributed by atoms with Crippen molar-refractivity contribution in [3.63, 3.8) is 0 Å². The molecular formula is C17H23N5O2. The van der Waals surface area contributed by atoms with Gasteiger partial charge in [0.2, 0.25) is 11.8 Å². The minimum Gasteiger partial charge on any atom is -0.426 e. The van der Waals surface area contributed by atoms with Crippen LogP contribution in [0.2, 0.25) is 0 Å². The van der Waals surface area contributed by atoms with Crippen LogP contribution in [0.4, 0.5) is 4.79 Å². The van der Waals surface area contributed by atoms with Crippen molar-refractivity contribution in [3.05, 3.63) is 47.7 Å². The third-order valence-corrected chi connectivity index (χ3v) is 4.16. The van der Waals surface area contributed by atoms with Gasteiger partial charge in [-0.2, -0.15) is 0 Å². The van der Waals surface area contributed by atoms with Crippen molar-refractivity contribution >= 4 is 6.03 Å². The number of hydrogen-bond acceptors (Lipinski definition) is 5. The van der Waals surface area contributed by atoms with Gasteiger partial charge in [0.05, 0.1) is 0 Å². The quantitative estimate of drug-likeness (QED) is 0.899. The molecule has 1 fully saturated rings. The maximum Gasteiger partial charge on any atom is 0.317 e. The molecule has 1 aromatic carbocycles. The summed E-state index contributed by atoms with van der Waals surface area (Å²) in [7, 11) is 0. The molecule has 7 heteroatoms. The van der Waals surface area contributed by atoms with Crippen molar-refractivity contribution in [3.8, 4) is 0 Å². The molecule has 1 saturated heterocycles. The van der Waals surface area contributed by atoms with E-state index in [2.05, 4.69) is 20.4 Å². The summed E-state index contributed by atoms with van der Waals surface area (Å²) in [5, 5.41) is 10.8. The zero-order valence-electron chi connectivity index (χ0n) is 13.9. The third kappa shape index (κ3) is 4.55. The van der Waals surface area contributed by atoms with Gasteiger partial charge in [0, 0.05) is 52.6 Å². The Balaban J connectivity index is 1.37. The summed E-state index contributed by atoms with van der Waals surface area (Å²) in [4.78, 5) is 16.4. The highest BCUT2D eigenvalue weighted by atomic mass is 16.4. The lowest BCUT2D eigenvalue weighted by molar-refractivity contribution is 0.138. The van der Waals surface area contributed by atoms with Gasteiger partial charge in [-0.3, -0.25) is 4.90 Å². The van der Waals surface area contributed by atoms with E-state index in [1.54, 1.807) is 6.92 Å². The molecule has 0 unspecified atom stereocenters. The number of hydrogen-bond donors (Lipinski definition) is 1. The van der Waals surface area contributed by atoms with Crippen molar-refractivity contribution in [2.45, 2.75) is 19.9 Å². The van der Waals surface area contributed by atoms with Crippen LogP contribution >= 0.6 is 0 Å². The van der Waals surface area contributed by atoms with E-state index < -0.39 is 0 Å². The van der Waals surface area contributed by atoms with E-state index in [1.165, 1.54) is 0 Å².